The highest BCUT2D eigenvalue weighted by atomic mass is 16.5. The first-order chi connectivity index (χ1) is 9.68. The lowest BCUT2D eigenvalue weighted by molar-refractivity contribution is 0.0995. The quantitative estimate of drug-likeness (QED) is 0.821. The van der Waals surface area contributed by atoms with Crippen LogP contribution in [0.2, 0.25) is 0 Å². The molecular weight excluding hydrogens is 254 g/mol. The minimum Gasteiger partial charge on any atom is -0.490 e. The Balaban J connectivity index is 1.88. The number of amides is 1. The van der Waals surface area contributed by atoms with E-state index in [0.29, 0.717) is 24.5 Å². The number of carbonyl (C=O) groups excluding carboxylic acids is 1. The molecule has 0 spiro atoms. The van der Waals surface area contributed by atoms with Crippen LogP contribution in [-0.2, 0) is 0 Å². The SMILES string of the molecule is Cc1ccccc1OCCOc1ccccc1C(N)=O. The van der Waals surface area contributed by atoms with E-state index in [1.807, 2.05) is 31.2 Å². The molecule has 20 heavy (non-hydrogen) atoms. The molecule has 0 atom stereocenters. The van der Waals surface area contributed by atoms with Crippen LogP contribution in [0.3, 0.4) is 0 Å². The molecule has 0 saturated heterocycles. The number of carbonyl (C=O) groups is 1. The van der Waals surface area contributed by atoms with Crippen molar-refractivity contribution in [2.24, 2.45) is 5.73 Å². The summed E-state index contributed by atoms with van der Waals surface area (Å²) in [5.41, 5.74) is 6.73. The largest absolute Gasteiger partial charge is 0.490 e. The molecule has 2 aromatic carbocycles. The predicted octanol–water partition coefficient (Wildman–Crippen LogP) is 2.55. The number of ether oxygens (including phenoxy) is 2. The molecule has 0 aliphatic heterocycles. The van der Waals surface area contributed by atoms with Crippen LogP contribution in [0.15, 0.2) is 48.5 Å². The molecule has 0 heterocycles. The molecule has 0 aliphatic rings. The second-order valence-corrected chi connectivity index (χ2v) is 4.32. The van der Waals surface area contributed by atoms with Gasteiger partial charge in [-0.15, -0.1) is 0 Å². The highest BCUT2D eigenvalue weighted by Gasteiger charge is 2.07. The molecule has 0 radical (unpaired) electrons. The van der Waals surface area contributed by atoms with Gasteiger partial charge in [-0.1, -0.05) is 30.3 Å². The van der Waals surface area contributed by atoms with Crippen molar-refractivity contribution in [3.05, 3.63) is 59.7 Å². The molecule has 2 aromatic rings. The van der Waals surface area contributed by atoms with E-state index in [0.717, 1.165) is 11.3 Å². The summed E-state index contributed by atoms with van der Waals surface area (Å²) < 4.78 is 11.2. The first-order valence-corrected chi connectivity index (χ1v) is 6.38. The summed E-state index contributed by atoms with van der Waals surface area (Å²) in [6, 6.07) is 14.7. The first kappa shape index (κ1) is 13.9. The Bertz CT molecular complexity index is 596. The van der Waals surface area contributed by atoms with Crippen LogP contribution >= 0.6 is 0 Å². The fourth-order valence-corrected chi connectivity index (χ4v) is 1.82. The number of nitrogens with two attached hydrogens (primary N) is 1. The third kappa shape index (κ3) is 3.51. The van der Waals surface area contributed by atoms with Crippen molar-refractivity contribution in [3.63, 3.8) is 0 Å². The first-order valence-electron chi connectivity index (χ1n) is 6.38. The van der Waals surface area contributed by atoms with Gasteiger partial charge in [-0.3, -0.25) is 4.79 Å². The van der Waals surface area contributed by atoms with Crippen molar-refractivity contribution in [1.82, 2.24) is 0 Å². The van der Waals surface area contributed by atoms with E-state index in [-0.39, 0.29) is 0 Å². The topological polar surface area (TPSA) is 61.6 Å². The molecule has 0 aliphatic carbocycles. The summed E-state index contributed by atoms with van der Waals surface area (Å²) in [5, 5.41) is 0. The van der Waals surface area contributed by atoms with Gasteiger partial charge in [0.1, 0.15) is 24.7 Å². The molecular formula is C16H17NO3. The number of primary amides is 1. The molecule has 4 nitrogen and oxygen atoms in total. The summed E-state index contributed by atoms with van der Waals surface area (Å²) in [6.45, 7) is 2.73. The van der Waals surface area contributed by atoms with Gasteiger partial charge in [0.15, 0.2) is 0 Å². The van der Waals surface area contributed by atoms with Gasteiger partial charge in [0.25, 0.3) is 5.91 Å². The van der Waals surface area contributed by atoms with Crippen molar-refractivity contribution in [3.8, 4) is 11.5 Å². The summed E-state index contributed by atoms with van der Waals surface area (Å²) in [4.78, 5) is 11.2. The molecule has 0 aromatic heterocycles. The molecule has 0 unspecified atom stereocenters. The number of rotatable bonds is 6. The van der Waals surface area contributed by atoms with Gasteiger partial charge in [-0.25, -0.2) is 0 Å². The normalized spacial score (nSPS) is 10.1. The van der Waals surface area contributed by atoms with E-state index < -0.39 is 5.91 Å². The van der Waals surface area contributed by atoms with E-state index in [4.69, 9.17) is 15.2 Å². The summed E-state index contributed by atoms with van der Waals surface area (Å²) in [6.07, 6.45) is 0. The second kappa shape index (κ2) is 6.61. The van der Waals surface area contributed by atoms with Crippen LogP contribution in [0.25, 0.3) is 0 Å². The van der Waals surface area contributed by atoms with Crippen LogP contribution in [0.5, 0.6) is 11.5 Å². The lowest BCUT2D eigenvalue weighted by atomic mass is 10.2. The van der Waals surface area contributed by atoms with Gasteiger partial charge in [-0.2, -0.15) is 0 Å². The summed E-state index contributed by atoms with van der Waals surface area (Å²) >= 11 is 0. The molecule has 1 amide bonds. The third-order valence-electron chi connectivity index (χ3n) is 2.84. The molecule has 0 saturated carbocycles. The highest BCUT2D eigenvalue weighted by molar-refractivity contribution is 5.95. The summed E-state index contributed by atoms with van der Waals surface area (Å²) in [7, 11) is 0. The number of aryl methyl sites for hydroxylation is 1. The zero-order valence-electron chi connectivity index (χ0n) is 11.3. The van der Waals surface area contributed by atoms with Crippen LogP contribution in [0.4, 0.5) is 0 Å². The van der Waals surface area contributed by atoms with Crippen LogP contribution in [-0.4, -0.2) is 19.1 Å². The maximum Gasteiger partial charge on any atom is 0.252 e. The molecule has 2 N–H and O–H groups in total. The number of hydrogen-bond donors (Lipinski definition) is 1. The average molecular weight is 271 g/mol. The average Bonchev–Trinajstić information content (AvgIpc) is 2.45. The zero-order chi connectivity index (χ0) is 14.4. The summed E-state index contributed by atoms with van der Waals surface area (Å²) in [5.74, 6) is 0.813. The molecule has 4 heteroatoms. The standard InChI is InChI=1S/C16H17NO3/c1-12-6-2-4-8-14(12)19-10-11-20-15-9-5-3-7-13(15)16(17)18/h2-9H,10-11H2,1H3,(H2,17,18). The Labute approximate surface area is 118 Å². The molecule has 0 bridgehead atoms. The van der Waals surface area contributed by atoms with Gasteiger partial charge in [-0.05, 0) is 30.7 Å². The van der Waals surface area contributed by atoms with E-state index in [9.17, 15) is 4.79 Å². The number of para-hydroxylation sites is 2. The maximum absolute atomic E-state index is 11.2. The third-order valence-corrected chi connectivity index (χ3v) is 2.84. The second-order valence-electron chi connectivity index (χ2n) is 4.32. The smallest absolute Gasteiger partial charge is 0.252 e. The van der Waals surface area contributed by atoms with Crippen molar-refractivity contribution < 1.29 is 14.3 Å². The van der Waals surface area contributed by atoms with Crippen LogP contribution < -0.4 is 15.2 Å². The fraction of sp³-hybridized carbons (Fsp3) is 0.188. The van der Waals surface area contributed by atoms with Crippen molar-refractivity contribution in [1.29, 1.82) is 0 Å². The number of benzene rings is 2. The van der Waals surface area contributed by atoms with Gasteiger partial charge in [0.05, 0.1) is 5.56 Å². The Morgan fingerprint density at radius 3 is 2.15 bits per heavy atom. The molecule has 104 valence electrons. The van der Waals surface area contributed by atoms with Crippen LogP contribution in [0.1, 0.15) is 15.9 Å². The van der Waals surface area contributed by atoms with Crippen molar-refractivity contribution in [2.75, 3.05) is 13.2 Å². The van der Waals surface area contributed by atoms with Gasteiger partial charge in [0.2, 0.25) is 0 Å². The van der Waals surface area contributed by atoms with Gasteiger partial charge >= 0.3 is 0 Å². The Kier molecular flexibility index (Phi) is 4.60. The minimum atomic E-state index is -0.500. The zero-order valence-corrected chi connectivity index (χ0v) is 11.3. The van der Waals surface area contributed by atoms with E-state index >= 15 is 0 Å². The monoisotopic (exact) mass is 271 g/mol. The fourth-order valence-electron chi connectivity index (χ4n) is 1.82. The van der Waals surface area contributed by atoms with Crippen molar-refractivity contribution in [2.45, 2.75) is 6.92 Å². The lowest BCUT2D eigenvalue weighted by Crippen LogP contribution is -2.15. The Morgan fingerprint density at radius 1 is 0.950 bits per heavy atom. The number of hydrogen-bond acceptors (Lipinski definition) is 3. The Hall–Kier alpha value is -2.49. The van der Waals surface area contributed by atoms with E-state index in [1.165, 1.54) is 0 Å². The minimum absolute atomic E-state index is 0.346. The van der Waals surface area contributed by atoms with E-state index in [2.05, 4.69) is 0 Å². The van der Waals surface area contributed by atoms with Gasteiger partial charge in [0, 0.05) is 0 Å². The van der Waals surface area contributed by atoms with Crippen LogP contribution in [0, 0.1) is 6.92 Å². The molecule has 2 rings (SSSR count). The Morgan fingerprint density at radius 2 is 1.50 bits per heavy atom. The predicted molar refractivity (Wildman–Crippen MR) is 77.1 cm³/mol. The van der Waals surface area contributed by atoms with Gasteiger partial charge < -0.3 is 15.2 Å². The highest BCUT2D eigenvalue weighted by Crippen LogP contribution is 2.18. The maximum atomic E-state index is 11.2. The molecule has 0 fully saturated rings. The lowest BCUT2D eigenvalue weighted by Gasteiger charge is -2.11. The van der Waals surface area contributed by atoms with Crippen molar-refractivity contribution >= 4 is 5.91 Å². The van der Waals surface area contributed by atoms with E-state index in [1.54, 1.807) is 24.3 Å².